The molecule has 0 spiro atoms. The minimum atomic E-state index is -0.207. The standard InChI is InChI=1S/C12H18O4/c1-7(13)15-11-5-3-10-9(11)4-6-12(10)16-8(2)14/h9-12H,3-6H2,1-2H3/t9-,10?,11?,12?/m0/s1. The number of carbonyl (C=O) groups is 2. The molecular weight excluding hydrogens is 208 g/mol. The molecule has 0 amide bonds. The maximum absolute atomic E-state index is 10.9. The van der Waals surface area contributed by atoms with E-state index in [1.807, 2.05) is 0 Å². The van der Waals surface area contributed by atoms with E-state index < -0.39 is 0 Å². The fraction of sp³-hybridized carbons (Fsp3) is 0.833. The van der Waals surface area contributed by atoms with Gasteiger partial charge in [0.1, 0.15) is 12.2 Å². The van der Waals surface area contributed by atoms with Gasteiger partial charge in [-0.1, -0.05) is 0 Å². The molecule has 90 valence electrons. The van der Waals surface area contributed by atoms with Gasteiger partial charge < -0.3 is 9.47 Å². The molecule has 4 nitrogen and oxygen atoms in total. The van der Waals surface area contributed by atoms with Crippen molar-refractivity contribution < 1.29 is 19.1 Å². The lowest BCUT2D eigenvalue weighted by Gasteiger charge is -2.20. The second-order valence-corrected chi connectivity index (χ2v) is 4.78. The predicted molar refractivity (Wildman–Crippen MR) is 56.6 cm³/mol. The summed E-state index contributed by atoms with van der Waals surface area (Å²) >= 11 is 0. The Labute approximate surface area is 95.3 Å². The first-order valence-corrected chi connectivity index (χ1v) is 5.92. The van der Waals surface area contributed by atoms with Crippen LogP contribution in [0.4, 0.5) is 0 Å². The number of esters is 2. The molecule has 2 aliphatic rings. The average molecular weight is 226 g/mol. The average Bonchev–Trinajstić information content (AvgIpc) is 2.70. The topological polar surface area (TPSA) is 52.6 Å². The summed E-state index contributed by atoms with van der Waals surface area (Å²) in [6.07, 6.45) is 3.91. The summed E-state index contributed by atoms with van der Waals surface area (Å²) in [5.74, 6) is 0.379. The van der Waals surface area contributed by atoms with Crippen LogP contribution in [0, 0.1) is 11.8 Å². The monoisotopic (exact) mass is 226 g/mol. The largest absolute Gasteiger partial charge is 0.462 e. The minimum absolute atomic E-state index is 0.0445. The van der Waals surface area contributed by atoms with Crippen molar-refractivity contribution >= 4 is 11.9 Å². The van der Waals surface area contributed by atoms with E-state index in [1.165, 1.54) is 13.8 Å². The van der Waals surface area contributed by atoms with Crippen molar-refractivity contribution in [2.45, 2.75) is 51.7 Å². The van der Waals surface area contributed by atoms with E-state index in [4.69, 9.17) is 9.47 Å². The van der Waals surface area contributed by atoms with Gasteiger partial charge in [-0.3, -0.25) is 9.59 Å². The van der Waals surface area contributed by atoms with Crippen LogP contribution in [0.25, 0.3) is 0 Å². The number of hydrogen-bond donors (Lipinski definition) is 0. The van der Waals surface area contributed by atoms with Crippen LogP contribution in [0.5, 0.6) is 0 Å². The van der Waals surface area contributed by atoms with Crippen molar-refractivity contribution in [1.29, 1.82) is 0 Å². The second-order valence-electron chi connectivity index (χ2n) is 4.78. The van der Waals surface area contributed by atoms with Crippen molar-refractivity contribution in [2.24, 2.45) is 11.8 Å². The SMILES string of the molecule is CC(=O)OC1CC[C@@H]2C(OC(C)=O)CCC12. The molecule has 2 rings (SSSR count). The van der Waals surface area contributed by atoms with Gasteiger partial charge in [0.2, 0.25) is 0 Å². The number of carbonyl (C=O) groups excluding carboxylic acids is 2. The number of fused-ring (bicyclic) bond motifs is 1. The Kier molecular flexibility index (Phi) is 3.17. The zero-order chi connectivity index (χ0) is 11.7. The molecule has 0 radical (unpaired) electrons. The highest BCUT2D eigenvalue weighted by Crippen LogP contribution is 2.46. The minimum Gasteiger partial charge on any atom is -0.462 e. The van der Waals surface area contributed by atoms with Crippen molar-refractivity contribution in [3.05, 3.63) is 0 Å². The molecule has 0 aliphatic heterocycles. The Hall–Kier alpha value is -1.06. The summed E-state index contributed by atoms with van der Waals surface area (Å²) in [4.78, 5) is 21.9. The van der Waals surface area contributed by atoms with E-state index in [0.29, 0.717) is 11.8 Å². The molecule has 2 saturated carbocycles. The Morgan fingerprint density at radius 3 is 1.50 bits per heavy atom. The van der Waals surface area contributed by atoms with Gasteiger partial charge >= 0.3 is 11.9 Å². The van der Waals surface area contributed by atoms with Crippen molar-refractivity contribution in [3.63, 3.8) is 0 Å². The zero-order valence-electron chi connectivity index (χ0n) is 9.77. The molecule has 0 saturated heterocycles. The van der Waals surface area contributed by atoms with E-state index in [2.05, 4.69) is 0 Å². The third kappa shape index (κ3) is 2.20. The predicted octanol–water partition coefficient (Wildman–Crippen LogP) is 1.67. The van der Waals surface area contributed by atoms with Gasteiger partial charge in [0, 0.05) is 25.7 Å². The molecule has 0 heterocycles. The lowest BCUT2D eigenvalue weighted by Crippen LogP contribution is -2.25. The summed E-state index contributed by atoms with van der Waals surface area (Å²) in [6, 6.07) is 0. The first-order valence-electron chi connectivity index (χ1n) is 5.92. The van der Waals surface area contributed by atoms with Gasteiger partial charge in [0.15, 0.2) is 0 Å². The first-order chi connectivity index (χ1) is 7.58. The Morgan fingerprint density at radius 2 is 1.19 bits per heavy atom. The molecule has 4 atom stereocenters. The quantitative estimate of drug-likeness (QED) is 0.672. The first kappa shape index (κ1) is 11.4. The number of rotatable bonds is 2. The van der Waals surface area contributed by atoms with Crippen molar-refractivity contribution in [2.75, 3.05) is 0 Å². The normalized spacial score (nSPS) is 36.9. The van der Waals surface area contributed by atoms with Crippen LogP contribution < -0.4 is 0 Å². The molecule has 0 bridgehead atoms. The maximum Gasteiger partial charge on any atom is 0.302 e. The summed E-state index contributed by atoms with van der Waals surface area (Å²) < 4.78 is 10.6. The molecule has 0 N–H and O–H groups in total. The molecule has 0 aromatic rings. The highest BCUT2D eigenvalue weighted by atomic mass is 16.6. The fourth-order valence-electron chi connectivity index (χ4n) is 3.21. The van der Waals surface area contributed by atoms with Gasteiger partial charge in [-0.2, -0.15) is 0 Å². The van der Waals surface area contributed by atoms with E-state index >= 15 is 0 Å². The van der Waals surface area contributed by atoms with E-state index in [1.54, 1.807) is 0 Å². The third-order valence-corrected chi connectivity index (χ3v) is 3.71. The van der Waals surface area contributed by atoms with Crippen LogP contribution in [0.15, 0.2) is 0 Å². The lowest BCUT2D eigenvalue weighted by atomic mass is 9.98. The smallest absolute Gasteiger partial charge is 0.302 e. The molecule has 2 aliphatic carbocycles. The summed E-state index contributed by atoms with van der Waals surface area (Å²) in [5.41, 5.74) is 0. The van der Waals surface area contributed by atoms with Crippen LogP contribution in [-0.2, 0) is 19.1 Å². The van der Waals surface area contributed by atoms with Gasteiger partial charge in [0.05, 0.1) is 0 Å². The molecule has 0 aromatic carbocycles. The van der Waals surface area contributed by atoms with Gasteiger partial charge in [-0.15, -0.1) is 0 Å². The van der Waals surface area contributed by atoms with Gasteiger partial charge in [-0.25, -0.2) is 0 Å². The summed E-state index contributed by atoms with van der Waals surface area (Å²) in [5, 5.41) is 0. The van der Waals surface area contributed by atoms with Gasteiger partial charge in [-0.05, 0) is 25.7 Å². The lowest BCUT2D eigenvalue weighted by molar-refractivity contribution is -0.150. The molecule has 4 heteroatoms. The zero-order valence-corrected chi connectivity index (χ0v) is 9.77. The fourth-order valence-corrected chi connectivity index (χ4v) is 3.21. The molecule has 3 unspecified atom stereocenters. The Balaban J connectivity index is 1.95. The third-order valence-electron chi connectivity index (χ3n) is 3.71. The molecule has 0 aromatic heterocycles. The van der Waals surface area contributed by atoms with E-state index in [-0.39, 0.29) is 24.1 Å². The van der Waals surface area contributed by atoms with Crippen LogP contribution in [0.1, 0.15) is 39.5 Å². The van der Waals surface area contributed by atoms with E-state index in [0.717, 1.165) is 25.7 Å². The van der Waals surface area contributed by atoms with E-state index in [9.17, 15) is 9.59 Å². The van der Waals surface area contributed by atoms with Gasteiger partial charge in [0.25, 0.3) is 0 Å². The van der Waals surface area contributed by atoms with Crippen molar-refractivity contribution in [3.8, 4) is 0 Å². The van der Waals surface area contributed by atoms with Crippen LogP contribution in [0.3, 0.4) is 0 Å². The molecule has 16 heavy (non-hydrogen) atoms. The van der Waals surface area contributed by atoms with Crippen molar-refractivity contribution in [1.82, 2.24) is 0 Å². The maximum atomic E-state index is 10.9. The summed E-state index contributed by atoms with van der Waals surface area (Å²) in [7, 11) is 0. The second kappa shape index (κ2) is 4.44. The summed E-state index contributed by atoms with van der Waals surface area (Å²) in [6.45, 7) is 2.90. The van der Waals surface area contributed by atoms with Crippen LogP contribution in [0.2, 0.25) is 0 Å². The molecular formula is C12H18O4. The number of hydrogen-bond acceptors (Lipinski definition) is 4. The molecule has 2 fully saturated rings. The van der Waals surface area contributed by atoms with Crippen LogP contribution in [-0.4, -0.2) is 24.1 Å². The Morgan fingerprint density at radius 1 is 0.812 bits per heavy atom. The highest BCUT2D eigenvalue weighted by molar-refractivity contribution is 5.66. The number of ether oxygens (including phenoxy) is 2. The van der Waals surface area contributed by atoms with Crippen LogP contribution >= 0.6 is 0 Å². The highest BCUT2D eigenvalue weighted by Gasteiger charge is 2.47. The Bertz CT molecular complexity index is 269.